The number of carbonyl (C=O) groups is 1. The molecule has 4 heteroatoms. The van der Waals surface area contributed by atoms with Crippen molar-refractivity contribution in [2.75, 3.05) is 32.7 Å². The summed E-state index contributed by atoms with van der Waals surface area (Å²) in [4.78, 5) is 16.7. The van der Waals surface area contributed by atoms with Crippen LogP contribution < -0.4 is 0 Å². The van der Waals surface area contributed by atoms with Gasteiger partial charge < -0.3 is 9.64 Å². The lowest BCUT2D eigenvalue weighted by atomic mass is 9.69. The van der Waals surface area contributed by atoms with E-state index >= 15 is 0 Å². The van der Waals surface area contributed by atoms with Gasteiger partial charge in [0.05, 0.1) is 0 Å². The van der Waals surface area contributed by atoms with Crippen LogP contribution in [-0.2, 0) is 4.74 Å². The van der Waals surface area contributed by atoms with E-state index in [2.05, 4.69) is 4.90 Å². The molecule has 0 N–H and O–H groups in total. The van der Waals surface area contributed by atoms with Crippen LogP contribution in [0.25, 0.3) is 0 Å². The van der Waals surface area contributed by atoms with Crippen molar-refractivity contribution in [3.63, 3.8) is 0 Å². The van der Waals surface area contributed by atoms with E-state index in [0.29, 0.717) is 5.41 Å². The molecule has 4 aliphatic carbocycles. The zero-order chi connectivity index (χ0) is 16.2. The molecule has 1 saturated heterocycles. The number of nitrogens with zero attached hydrogens (tertiary/aromatic N) is 2. The summed E-state index contributed by atoms with van der Waals surface area (Å²) >= 11 is 0. The van der Waals surface area contributed by atoms with E-state index in [0.717, 1.165) is 43.9 Å². The molecule has 5 fully saturated rings. The molecule has 2 atom stereocenters. The molecule has 23 heavy (non-hydrogen) atoms. The molecule has 0 radical (unpaired) electrons. The van der Waals surface area contributed by atoms with Gasteiger partial charge in [-0.2, -0.15) is 0 Å². The van der Waals surface area contributed by atoms with Crippen molar-refractivity contribution < 1.29 is 9.53 Å². The number of ether oxygens (including phenoxy) is 1. The van der Waals surface area contributed by atoms with Crippen LogP contribution in [0.2, 0.25) is 0 Å². The van der Waals surface area contributed by atoms with Gasteiger partial charge in [0.25, 0.3) is 0 Å². The van der Waals surface area contributed by atoms with Crippen LogP contribution in [0, 0.1) is 23.2 Å². The third-order valence-electron chi connectivity index (χ3n) is 6.63. The Morgan fingerprint density at radius 2 is 1.65 bits per heavy atom. The lowest BCUT2D eigenvalue weighted by molar-refractivity contribution is 0.00634. The molecule has 2 unspecified atom stereocenters. The van der Waals surface area contributed by atoms with E-state index in [9.17, 15) is 4.79 Å². The Morgan fingerprint density at radius 3 is 2.17 bits per heavy atom. The summed E-state index contributed by atoms with van der Waals surface area (Å²) in [5.41, 5.74) is 0.236. The lowest BCUT2D eigenvalue weighted by Crippen LogP contribution is -2.52. The average molecular weight is 320 g/mol. The van der Waals surface area contributed by atoms with Gasteiger partial charge in [-0.05, 0) is 76.0 Å². The zero-order valence-corrected chi connectivity index (χ0v) is 15.0. The van der Waals surface area contributed by atoms with E-state index in [1.54, 1.807) is 0 Å². The topological polar surface area (TPSA) is 32.8 Å². The summed E-state index contributed by atoms with van der Waals surface area (Å²) in [7, 11) is 0. The average Bonchev–Trinajstić information content (AvgIpc) is 2.84. The molecule has 4 nitrogen and oxygen atoms in total. The minimum Gasteiger partial charge on any atom is -0.444 e. The summed E-state index contributed by atoms with van der Waals surface area (Å²) in [6.45, 7) is 10.8. The predicted octanol–water partition coefficient (Wildman–Crippen LogP) is 3.37. The highest BCUT2D eigenvalue weighted by molar-refractivity contribution is 5.68. The maximum Gasteiger partial charge on any atom is 0.410 e. The summed E-state index contributed by atoms with van der Waals surface area (Å²) in [6.07, 6.45) is 7.36. The van der Waals surface area contributed by atoms with Gasteiger partial charge in [-0.3, -0.25) is 4.90 Å². The Hall–Kier alpha value is -0.770. The Balaban J connectivity index is 1.28. The van der Waals surface area contributed by atoms with Gasteiger partial charge in [0.2, 0.25) is 0 Å². The van der Waals surface area contributed by atoms with Crippen LogP contribution >= 0.6 is 0 Å². The van der Waals surface area contributed by atoms with Crippen molar-refractivity contribution in [3.05, 3.63) is 0 Å². The number of carbonyl (C=O) groups excluding carboxylic acids is 1. The number of hydrogen-bond donors (Lipinski definition) is 0. The largest absolute Gasteiger partial charge is 0.444 e. The van der Waals surface area contributed by atoms with Crippen molar-refractivity contribution >= 4 is 6.09 Å². The van der Waals surface area contributed by atoms with Crippen molar-refractivity contribution in [2.24, 2.45) is 23.2 Å². The van der Waals surface area contributed by atoms with Gasteiger partial charge in [0.1, 0.15) is 5.60 Å². The molecule has 4 bridgehead atoms. The van der Waals surface area contributed by atoms with Gasteiger partial charge >= 0.3 is 6.09 Å². The zero-order valence-electron chi connectivity index (χ0n) is 15.0. The molecule has 130 valence electrons. The SMILES string of the molecule is CC(C)(C)OC(=O)N1CCN(CC23CC4CC(C2)C(C4)C3)CC1. The highest BCUT2D eigenvalue weighted by Crippen LogP contribution is 2.64. The van der Waals surface area contributed by atoms with Gasteiger partial charge in [-0.1, -0.05) is 0 Å². The van der Waals surface area contributed by atoms with Crippen LogP contribution in [0.15, 0.2) is 0 Å². The fraction of sp³-hybridized carbons (Fsp3) is 0.947. The summed E-state index contributed by atoms with van der Waals surface area (Å²) in [6, 6.07) is 0. The predicted molar refractivity (Wildman–Crippen MR) is 90.2 cm³/mol. The Morgan fingerprint density at radius 1 is 1.04 bits per heavy atom. The highest BCUT2D eigenvalue weighted by Gasteiger charge is 2.56. The quantitative estimate of drug-likeness (QED) is 0.782. The van der Waals surface area contributed by atoms with Crippen molar-refractivity contribution in [1.82, 2.24) is 9.80 Å². The number of rotatable bonds is 2. The van der Waals surface area contributed by atoms with Crippen LogP contribution in [0.1, 0.15) is 52.9 Å². The molecular formula is C19H32N2O2. The number of hydrogen-bond acceptors (Lipinski definition) is 3. The van der Waals surface area contributed by atoms with E-state index in [1.807, 2.05) is 25.7 Å². The molecule has 1 heterocycles. The van der Waals surface area contributed by atoms with Crippen LogP contribution in [0.3, 0.4) is 0 Å². The summed E-state index contributed by atoms with van der Waals surface area (Å²) in [5.74, 6) is 3.14. The van der Waals surface area contributed by atoms with E-state index < -0.39 is 5.60 Å². The molecule has 0 aromatic rings. The second-order valence-electron chi connectivity index (χ2n) is 9.71. The smallest absolute Gasteiger partial charge is 0.410 e. The fourth-order valence-corrected chi connectivity index (χ4v) is 6.06. The molecule has 5 aliphatic rings. The minimum atomic E-state index is -0.394. The maximum atomic E-state index is 12.2. The van der Waals surface area contributed by atoms with Crippen molar-refractivity contribution in [2.45, 2.75) is 58.5 Å². The Bertz CT molecular complexity index is 457. The van der Waals surface area contributed by atoms with Crippen molar-refractivity contribution in [1.29, 1.82) is 0 Å². The van der Waals surface area contributed by atoms with Gasteiger partial charge in [0, 0.05) is 32.7 Å². The van der Waals surface area contributed by atoms with Gasteiger partial charge in [-0.15, -0.1) is 0 Å². The highest BCUT2D eigenvalue weighted by atomic mass is 16.6. The van der Waals surface area contributed by atoms with Crippen LogP contribution in [0.4, 0.5) is 4.79 Å². The van der Waals surface area contributed by atoms with E-state index in [4.69, 9.17) is 4.74 Å². The summed E-state index contributed by atoms with van der Waals surface area (Å²) in [5, 5.41) is 0. The lowest BCUT2D eigenvalue weighted by Gasteiger charge is -2.44. The van der Waals surface area contributed by atoms with E-state index in [1.165, 1.54) is 38.6 Å². The molecule has 1 amide bonds. The standard InChI is InChI=1S/C19H32N2O2/c1-18(2,3)23-17(22)21-6-4-20(5-7-21)13-19-10-14-8-15(11-19)16(9-14)12-19/h14-16H,4-13H2,1-3H3. The van der Waals surface area contributed by atoms with Crippen molar-refractivity contribution in [3.8, 4) is 0 Å². The van der Waals surface area contributed by atoms with Crippen LogP contribution in [-0.4, -0.2) is 54.2 Å². The maximum absolute atomic E-state index is 12.2. The first kappa shape index (κ1) is 15.7. The first-order chi connectivity index (χ1) is 10.8. The first-order valence-corrected chi connectivity index (χ1v) is 9.52. The third kappa shape index (κ3) is 3.11. The Kier molecular flexibility index (Phi) is 3.67. The first-order valence-electron chi connectivity index (χ1n) is 9.52. The molecule has 5 rings (SSSR count). The molecule has 0 aromatic heterocycles. The Labute approximate surface area is 140 Å². The molecular weight excluding hydrogens is 288 g/mol. The van der Waals surface area contributed by atoms with Gasteiger partial charge in [0.15, 0.2) is 0 Å². The number of amides is 1. The number of piperazine rings is 1. The van der Waals surface area contributed by atoms with Gasteiger partial charge in [-0.25, -0.2) is 4.79 Å². The van der Waals surface area contributed by atoms with Crippen LogP contribution in [0.5, 0.6) is 0 Å². The molecule has 4 saturated carbocycles. The third-order valence-corrected chi connectivity index (χ3v) is 6.63. The second kappa shape index (κ2) is 5.37. The molecule has 0 aromatic carbocycles. The summed E-state index contributed by atoms with van der Waals surface area (Å²) < 4.78 is 5.50. The fourth-order valence-electron chi connectivity index (χ4n) is 6.06. The monoisotopic (exact) mass is 320 g/mol. The molecule has 0 spiro atoms. The van der Waals surface area contributed by atoms with E-state index in [-0.39, 0.29) is 6.09 Å². The normalized spacial score (nSPS) is 40.0. The minimum absolute atomic E-state index is 0.143. The molecule has 1 aliphatic heterocycles. The second-order valence-corrected chi connectivity index (χ2v) is 9.71.